The molecular formula is C19H14F3NO2. The number of ether oxygens (including phenoxy) is 1. The molecule has 0 saturated heterocycles. The van der Waals surface area contributed by atoms with E-state index in [1.54, 1.807) is 6.07 Å². The fraction of sp³-hybridized carbons (Fsp3) is 0.158. The van der Waals surface area contributed by atoms with Crippen LogP contribution in [0.4, 0.5) is 13.2 Å². The lowest BCUT2D eigenvalue weighted by Crippen LogP contribution is -2.08. The second-order valence-corrected chi connectivity index (χ2v) is 5.72. The number of esters is 1. The van der Waals surface area contributed by atoms with E-state index in [1.165, 1.54) is 18.2 Å². The van der Waals surface area contributed by atoms with Crippen molar-refractivity contribution < 1.29 is 22.7 Å². The van der Waals surface area contributed by atoms with Crippen LogP contribution < -0.4 is 0 Å². The number of benzene rings is 2. The first-order valence-electron chi connectivity index (χ1n) is 7.52. The molecule has 0 aromatic heterocycles. The SMILES string of the molecule is Cc1ccc(C2=N/C(=C\c3ccccc3C(F)(F)F)C(=O)O2)cc1C. The molecule has 0 aliphatic carbocycles. The van der Waals surface area contributed by atoms with Crippen LogP contribution in [0.5, 0.6) is 0 Å². The van der Waals surface area contributed by atoms with Crippen LogP contribution >= 0.6 is 0 Å². The van der Waals surface area contributed by atoms with Gasteiger partial charge in [0.2, 0.25) is 5.90 Å². The molecule has 0 saturated carbocycles. The Morgan fingerprint density at radius 2 is 1.76 bits per heavy atom. The summed E-state index contributed by atoms with van der Waals surface area (Å²) in [6, 6.07) is 10.4. The van der Waals surface area contributed by atoms with Crippen LogP contribution in [0.25, 0.3) is 6.08 Å². The normalized spacial score (nSPS) is 16.1. The number of hydrogen-bond acceptors (Lipinski definition) is 3. The molecule has 0 atom stereocenters. The molecule has 25 heavy (non-hydrogen) atoms. The van der Waals surface area contributed by atoms with E-state index in [2.05, 4.69) is 4.99 Å². The molecule has 0 radical (unpaired) electrons. The van der Waals surface area contributed by atoms with Crippen LogP contribution in [0.15, 0.2) is 53.2 Å². The molecule has 1 aliphatic rings. The average Bonchev–Trinajstić information content (AvgIpc) is 2.90. The highest BCUT2D eigenvalue weighted by Gasteiger charge is 2.33. The van der Waals surface area contributed by atoms with Gasteiger partial charge in [-0.05, 0) is 54.8 Å². The number of aliphatic imine (C=N–C) groups is 1. The molecule has 0 unspecified atom stereocenters. The molecular weight excluding hydrogens is 331 g/mol. The summed E-state index contributed by atoms with van der Waals surface area (Å²) in [5, 5.41) is 0. The minimum absolute atomic E-state index is 0.0869. The van der Waals surface area contributed by atoms with Gasteiger partial charge in [-0.1, -0.05) is 24.3 Å². The van der Waals surface area contributed by atoms with Crippen molar-refractivity contribution in [2.75, 3.05) is 0 Å². The van der Waals surface area contributed by atoms with Crippen molar-refractivity contribution in [2.45, 2.75) is 20.0 Å². The smallest absolute Gasteiger partial charge is 0.402 e. The number of cyclic esters (lactones) is 1. The predicted molar refractivity (Wildman–Crippen MR) is 88.0 cm³/mol. The standard InChI is InChI=1S/C19H14F3NO2/c1-11-7-8-14(9-12(11)2)17-23-16(18(24)25-17)10-13-5-3-4-6-15(13)19(20,21)22/h3-10H,1-2H3/b16-10-. The van der Waals surface area contributed by atoms with Crippen molar-refractivity contribution in [3.8, 4) is 0 Å². The molecule has 2 aromatic rings. The first-order valence-corrected chi connectivity index (χ1v) is 7.52. The number of alkyl halides is 3. The van der Waals surface area contributed by atoms with Crippen LogP contribution in [0.2, 0.25) is 0 Å². The summed E-state index contributed by atoms with van der Waals surface area (Å²) in [6.07, 6.45) is -3.42. The molecule has 0 spiro atoms. The Hall–Kier alpha value is -2.89. The molecule has 2 aromatic carbocycles. The molecule has 3 rings (SSSR count). The number of nitrogens with zero attached hydrogens (tertiary/aromatic N) is 1. The van der Waals surface area contributed by atoms with Crippen LogP contribution in [0.3, 0.4) is 0 Å². The number of hydrogen-bond donors (Lipinski definition) is 0. The zero-order valence-electron chi connectivity index (χ0n) is 13.5. The summed E-state index contributed by atoms with van der Waals surface area (Å²) in [4.78, 5) is 16.1. The molecule has 0 fully saturated rings. The van der Waals surface area contributed by atoms with Crippen LogP contribution in [-0.2, 0) is 15.7 Å². The van der Waals surface area contributed by atoms with E-state index in [-0.39, 0.29) is 17.2 Å². The summed E-state index contributed by atoms with van der Waals surface area (Å²) in [7, 11) is 0. The van der Waals surface area contributed by atoms with E-state index in [9.17, 15) is 18.0 Å². The van der Waals surface area contributed by atoms with Crippen molar-refractivity contribution in [3.63, 3.8) is 0 Å². The van der Waals surface area contributed by atoms with Gasteiger partial charge in [-0.15, -0.1) is 0 Å². The number of rotatable bonds is 2. The fourth-order valence-corrected chi connectivity index (χ4v) is 2.44. The molecule has 1 heterocycles. The highest BCUT2D eigenvalue weighted by molar-refractivity contribution is 6.13. The number of halogens is 3. The van der Waals surface area contributed by atoms with Crippen molar-refractivity contribution in [2.24, 2.45) is 4.99 Å². The largest absolute Gasteiger partial charge is 0.416 e. The molecule has 0 bridgehead atoms. The van der Waals surface area contributed by atoms with E-state index in [0.29, 0.717) is 5.56 Å². The summed E-state index contributed by atoms with van der Waals surface area (Å²) in [5.41, 5.74) is 1.55. The third-order valence-electron chi connectivity index (χ3n) is 3.93. The summed E-state index contributed by atoms with van der Waals surface area (Å²) in [6.45, 7) is 3.85. The van der Waals surface area contributed by atoms with E-state index in [4.69, 9.17) is 4.74 Å². The topological polar surface area (TPSA) is 38.7 Å². The van der Waals surface area contributed by atoms with E-state index in [1.807, 2.05) is 26.0 Å². The molecule has 3 nitrogen and oxygen atoms in total. The highest BCUT2D eigenvalue weighted by Crippen LogP contribution is 2.33. The minimum Gasteiger partial charge on any atom is -0.402 e. The fourth-order valence-electron chi connectivity index (χ4n) is 2.44. The summed E-state index contributed by atoms with van der Waals surface area (Å²) >= 11 is 0. The van der Waals surface area contributed by atoms with Crippen LogP contribution in [0, 0.1) is 13.8 Å². The summed E-state index contributed by atoms with van der Waals surface area (Å²) < 4.78 is 44.3. The van der Waals surface area contributed by atoms with E-state index >= 15 is 0 Å². The van der Waals surface area contributed by atoms with Crippen molar-refractivity contribution in [1.82, 2.24) is 0 Å². The quantitative estimate of drug-likeness (QED) is 0.586. The van der Waals surface area contributed by atoms with Gasteiger partial charge in [0, 0.05) is 5.56 Å². The number of aryl methyl sites for hydroxylation is 2. The monoisotopic (exact) mass is 345 g/mol. The predicted octanol–water partition coefficient (Wildman–Crippen LogP) is 4.67. The molecule has 128 valence electrons. The van der Waals surface area contributed by atoms with Gasteiger partial charge in [0.1, 0.15) is 0 Å². The number of carbonyl (C=O) groups excluding carboxylic acids is 1. The maximum atomic E-state index is 13.1. The molecule has 6 heteroatoms. The van der Waals surface area contributed by atoms with E-state index < -0.39 is 17.7 Å². The van der Waals surface area contributed by atoms with Gasteiger partial charge >= 0.3 is 12.1 Å². The van der Waals surface area contributed by atoms with Crippen molar-refractivity contribution in [3.05, 3.63) is 76.0 Å². The average molecular weight is 345 g/mol. The van der Waals surface area contributed by atoms with Gasteiger partial charge in [0.25, 0.3) is 0 Å². The Kier molecular flexibility index (Phi) is 4.20. The zero-order chi connectivity index (χ0) is 18.2. The van der Waals surface area contributed by atoms with Gasteiger partial charge in [-0.2, -0.15) is 13.2 Å². The Morgan fingerprint density at radius 3 is 2.44 bits per heavy atom. The van der Waals surface area contributed by atoms with Gasteiger partial charge in [-0.25, -0.2) is 9.79 Å². The highest BCUT2D eigenvalue weighted by atomic mass is 19.4. The lowest BCUT2D eigenvalue weighted by atomic mass is 10.1. The van der Waals surface area contributed by atoms with Gasteiger partial charge in [0.05, 0.1) is 5.56 Å². The molecule has 0 amide bonds. The number of carbonyl (C=O) groups is 1. The Morgan fingerprint density at radius 1 is 1.04 bits per heavy atom. The van der Waals surface area contributed by atoms with Gasteiger partial charge in [-0.3, -0.25) is 0 Å². The Bertz CT molecular complexity index is 911. The third-order valence-corrected chi connectivity index (χ3v) is 3.93. The lowest BCUT2D eigenvalue weighted by Gasteiger charge is -2.09. The minimum atomic E-state index is -4.52. The maximum Gasteiger partial charge on any atom is 0.416 e. The maximum absolute atomic E-state index is 13.1. The Balaban J connectivity index is 2.01. The summed E-state index contributed by atoms with van der Waals surface area (Å²) in [5.74, 6) is -0.686. The third kappa shape index (κ3) is 3.47. The van der Waals surface area contributed by atoms with Crippen molar-refractivity contribution >= 4 is 17.9 Å². The lowest BCUT2D eigenvalue weighted by molar-refractivity contribution is -0.137. The molecule has 0 N–H and O–H groups in total. The second kappa shape index (κ2) is 6.20. The van der Waals surface area contributed by atoms with Crippen LogP contribution in [0.1, 0.15) is 27.8 Å². The second-order valence-electron chi connectivity index (χ2n) is 5.72. The molecule has 1 aliphatic heterocycles. The first kappa shape index (κ1) is 17.0. The van der Waals surface area contributed by atoms with Crippen molar-refractivity contribution in [1.29, 1.82) is 0 Å². The zero-order valence-corrected chi connectivity index (χ0v) is 13.5. The van der Waals surface area contributed by atoms with Gasteiger partial charge in [0.15, 0.2) is 5.70 Å². The first-order chi connectivity index (χ1) is 11.8. The van der Waals surface area contributed by atoms with Crippen LogP contribution in [-0.4, -0.2) is 11.9 Å². The van der Waals surface area contributed by atoms with E-state index in [0.717, 1.165) is 23.3 Å². The van der Waals surface area contributed by atoms with Gasteiger partial charge < -0.3 is 4.74 Å². The Labute approximate surface area is 142 Å².